The Bertz CT molecular complexity index is 632. The molecule has 0 spiro atoms. The van der Waals surface area contributed by atoms with Crippen LogP contribution in [0.15, 0.2) is 42.5 Å². The van der Waals surface area contributed by atoms with Crippen LogP contribution in [0.3, 0.4) is 0 Å². The first-order chi connectivity index (χ1) is 9.10. The van der Waals surface area contributed by atoms with Gasteiger partial charge in [0.1, 0.15) is 17.6 Å². The molecule has 0 unspecified atom stereocenters. The lowest BCUT2D eigenvalue weighted by Crippen LogP contribution is -2.08. The maximum Gasteiger partial charge on any atom is 0.145 e. The number of rotatable bonds is 3. The summed E-state index contributed by atoms with van der Waals surface area (Å²) in [6, 6.07) is 14.7. The third kappa shape index (κ3) is 3.18. The largest absolute Gasteiger partial charge is 0.456 e. The zero-order chi connectivity index (χ0) is 13.8. The lowest BCUT2D eigenvalue weighted by Gasteiger charge is -2.14. The molecule has 0 aromatic heterocycles. The van der Waals surface area contributed by atoms with Gasteiger partial charge in [0.25, 0.3) is 0 Å². The molecule has 0 atom stereocenters. The van der Waals surface area contributed by atoms with Gasteiger partial charge in [-0.05, 0) is 30.3 Å². The monoisotopic (exact) mass is 272 g/mol. The zero-order valence-corrected chi connectivity index (χ0v) is 11.5. The maximum atomic E-state index is 9.07. The van der Waals surface area contributed by atoms with Gasteiger partial charge >= 0.3 is 0 Å². The third-order valence-corrected chi connectivity index (χ3v) is 2.86. The van der Waals surface area contributed by atoms with Gasteiger partial charge in [0.05, 0.1) is 5.56 Å². The van der Waals surface area contributed by atoms with E-state index in [-0.39, 0.29) is 0 Å². The van der Waals surface area contributed by atoms with Crippen LogP contribution in [0.1, 0.15) is 5.56 Å². The first-order valence-corrected chi connectivity index (χ1v) is 6.13. The molecule has 0 aliphatic heterocycles. The van der Waals surface area contributed by atoms with E-state index in [9.17, 15) is 0 Å². The van der Waals surface area contributed by atoms with E-state index in [1.54, 1.807) is 18.2 Å². The molecule has 0 amide bonds. The molecule has 0 N–H and O–H groups in total. The Morgan fingerprint density at radius 3 is 2.63 bits per heavy atom. The Hall–Kier alpha value is -2.18. The molecular formula is C15H13ClN2O. The van der Waals surface area contributed by atoms with E-state index in [2.05, 4.69) is 6.07 Å². The summed E-state index contributed by atoms with van der Waals surface area (Å²) in [5.74, 6) is 1.19. The van der Waals surface area contributed by atoms with Crippen LogP contribution in [0.2, 0.25) is 5.02 Å². The predicted octanol–water partition coefficient (Wildman–Crippen LogP) is 4.07. The topological polar surface area (TPSA) is 36.3 Å². The number of anilines is 1. The molecule has 0 saturated carbocycles. The van der Waals surface area contributed by atoms with Gasteiger partial charge in [0, 0.05) is 30.9 Å². The van der Waals surface area contributed by atoms with Crippen LogP contribution in [0.25, 0.3) is 0 Å². The van der Waals surface area contributed by atoms with E-state index >= 15 is 0 Å². The number of hydrogen-bond acceptors (Lipinski definition) is 3. The Morgan fingerprint density at radius 2 is 1.95 bits per heavy atom. The van der Waals surface area contributed by atoms with Gasteiger partial charge in [-0.15, -0.1) is 0 Å². The molecule has 0 radical (unpaired) electrons. The molecular weight excluding hydrogens is 260 g/mol. The van der Waals surface area contributed by atoms with Gasteiger partial charge in [-0.3, -0.25) is 0 Å². The Balaban J connectivity index is 2.31. The van der Waals surface area contributed by atoms with Gasteiger partial charge in [-0.2, -0.15) is 5.26 Å². The number of hydrogen-bond donors (Lipinski definition) is 0. The summed E-state index contributed by atoms with van der Waals surface area (Å²) >= 11 is 5.85. The fraction of sp³-hybridized carbons (Fsp3) is 0.133. The Labute approximate surface area is 117 Å². The van der Waals surface area contributed by atoms with Crippen molar-refractivity contribution in [2.45, 2.75) is 0 Å². The standard InChI is InChI=1S/C15H13ClN2O/c1-18(2)13-4-3-5-14(9-13)19-15-7-6-12(16)8-11(15)10-17/h3-9H,1-2H3. The second-order valence-corrected chi connectivity index (χ2v) is 4.68. The van der Waals surface area contributed by atoms with Crippen molar-refractivity contribution in [1.82, 2.24) is 0 Å². The minimum absolute atomic E-state index is 0.419. The van der Waals surface area contributed by atoms with Crippen LogP contribution >= 0.6 is 11.6 Å². The molecule has 2 aromatic rings. The molecule has 0 aliphatic carbocycles. The molecule has 3 nitrogen and oxygen atoms in total. The minimum Gasteiger partial charge on any atom is -0.456 e. The number of nitrogens with zero attached hydrogens (tertiary/aromatic N) is 2. The second-order valence-electron chi connectivity index (χ2n) is 4.25. The maximum absolute atomic E-state index is 9.07. The van der Waals surface area contributed by atoms with E-state index < -0.39 is 0 Å². The molecule has 96 valence electrons. The smallest absolute Gasteiger partial charge is 0.145 e. The fourth-order valence-corrected chi connectivity index (χ4v) is 1.80. The molecule has 0 saturated heterocycles. The minimum atomic E-state index is 0.419. The van der Waals surface area contributed by atoms with Crippen LogP contribution in [-0.4, -0.2) is 14.1 Å². The number of nitriles is 1. The van der Waals surface area contributed by atoms with E-state index in [1.807, 2.05) is 43.3 Å². The lowest BCUT2D eigenvalue weighted by molar-refractivity contribution is 0.481. The van der Waals surface area contributed by atoms with Gasteiger partial charge in [-0.1, -0.05) is 17.7 Å². The molecule has 2 rings (SSSR count). The third-order valence-electron chi connectivity index (χ3n) is 2.62. The summed E-state index contributed by atoms with van der Waals surface area (Å²) in [6.07, 6.45) is 0. The van der Waals surface area contributed by atoms with Gasteiger partial charge in [0.15, 0.2) is 0 Å². The molecule has 0 heterocycles. The van der Waals surface area contributed by atoms with E-state index in [0.29, 0.717) is 22.1 Å². The zero-order valence-electron chi connectivity index (χ0n) is 10.7. The van der Waals surface area contributed by atoms with Gasteiger partial charge < -0.3 is 9.64 Å². The van der Waals surface area contributed by atoms with Crippen molar-refractivity contribution in [2.24, 2.45) is 0 Å². The highest BCUT2D eigenvalue weighted by atomic mass is 35.5. The fourth-order valence-electron chi connectivity index (χ4n) is 1.63. The highest BCUT2D eigenvalue weighted by Crippen LogP contribution is 2.29. The van der Waals surface area contributed by atoms with E-state index in [1.165, 1.54) is 0 Å². The summed E-state index contributed by atoms with van der Waals surface area (Å²) < 4.78 is 5.74. The van der Waals surface area contributed by atoms with Crippen molar-refractivity contribution in [3.63, 3.8) is 0 Å². The number of halogens is 1. The number of benzene rings is 2. The van der Waals surface area contributed by atoms with Gasteiger partial charge in [-0.25, -0.2) is 0 Å². The quantitative estimate of drug-likeness (QED) is 0.845. The second kappa shape index (κ2) is 5.64. The normalized spacial score (nSPS) is 9.79. The summed E-state index contributed by atoms with van der Waals surface area (Å²) in [5, 5.41) is 9.59. The summed E-state index contributed by atoms with van der Waals surface area (Å²) in [4.78, 5) is 1.99. The van der Waals surface area contributed by atoms with Crippen LogP contribution in [-0.2, 0) is 0 Å². The van der Waals surface area contributed by atoms with Crippen molar-refractivity contribution in [3.8, 4) is 17.6 Å². The highest BCUT2D eigenvalue weighted by Gasteiger charge is 2.06. The van der Waals surface area contributed by atoms with Crippen molar-refractivity contribution < 1.29 is 4.74 Å². The number of ether oxygens (including phenoxy) is 1. The van der Waals surface area contributed by atoms with Crippen LogP contribution in [0.5, 0.6) is 11.5 Å². The summed E-state index contributed by atoms with van der Waals surface area (Å²) in [5.41, 5.74) is 1.45. The van der Waals surface area contributed by atoms with Crippen molar-refractivity contribution in [3.05, 3.63) is 53.1 Å². The van der Waals surface area contributed by atoms with Crippen LogP contribution in [0, 0.1) is 11.3 Å². The molecule has 2 aromatic carbocycles. The molecule has 0 bridgehead atoms. The van der Waals surface area contributed by atoms with Crippen LogP contribution < -0.4 is 9.64 Å². The first kappa shape index (κ1) is 13.3. The predicted molar refractivity (Wildman–Crippen MR) is 77.0 cm³/mol. The average Bonchev–Trinajstić information content (AvgIpc) is 2.41. The molecule has 0 fully saturated rings. The lowest BCUT2D eigenvalue weighted by atomic mass is 10.2. The molecule has 0 aliphatic rings. The van der Waals surface area contributed by atoms with Crippen molar-refractivity contribution in [2.75, 3.05) is 19.0 Å². The van der Waals surface area contributed by atoms with Crippen molar-refractivity contribution >= 4 is 17.3 Å². The first-order valence-electron chi connectivity index (χ1n) is 5.75. The van der Waals surface area contributed by atoms with Crippen LogP contribution in [0.4, 0.5) is 5.69 Å². The summed E-state index contributed by atoms with van der Waals surface area (Å²) in [7, 11) is 3.92. The summed E-state index contributed by atoms with van der Waals surface area (Å²) in [6.45, 7) is 0. The Kier molecular flexibility index (Phi) is 3.94. The Morgan fingerprint density at radius 1 is 1.16 bits per heavy atom. The van der Waals surface area contributed by atoms with E-state index in [4.69, 9.17) is 21.6 Å². The van der Waals surface area contributed by atoms with Gasteiger partial charge in [0.2, 0.25) is 0 Å². The van der Waals surface area contributed by atoms with E-state index in [0.717, 1.165) is 5.69 Å². The average molecular weight is 273 g/mol. The highest BCUT2D eigenvalue weighted by molar-refractivity contribution is 6.30. The van der Waals surface area contributed by atoms with Crippen molar-refractivity contribution in [1.29, 1.82) is 5.26 Å². The molecule has 4 heteroatoms. The molecule has 19 heavy (non-hydrogen) atoms. The SMILES string of the molecule is CN(C)c1cccc(Oc2ccc(Cl)cc2C#N)c1.